The number of alkyl halides is 3. The summed E-state index contributed by atoms with van der Waals surface area (Å²) in [6.45, 7) is 5.10. The van der Waals surface area contributed by atoms with E-state index in [0.29, 0.717) is 35.0 Å². The summed E-state index contributed by atoms with van der Waals surface area (Å²) in [7, 11) is 0. The SMILES string of the molecule is Cc1cc(-c2cccc(C(F)(F)F)c2)c[n+]([O-])c1C(=O)N1CCC(N2CCCC2)CC1. The van der Waals surface area contributed by atoms with Crippen LogP contribution in [-0.2, 0) is 6.18 Å². The second-order valence-electron chi connectivity index (χ2n) is 8.43. The summed E-state index contributed by atoms with van der Waals surface area (Å²) in [6, 6.07) is 6.94. The Balaban J connectivity index is 1.52. The lowest BCUT2D eigenvalue weighted by atomic mass is 10.0. The number of amides is 1. The van der Waals surface area contributed by atoms with Gasteiger partial charge in [0.2, 0.25) is 0 Å². The highest BCUT2D eigenvalue weighted by atomic mass is 19.4. The second-order valence-corrected chi connectivity index (χ2v) is 8.43. The number of nitrogens with zero attached hydrogens (tertiary/aromatic N) is 3. The molecule has 1 aromatic heterocycles. The van der Waals surface area contributed by atoms with E-state index in [4.69, 9.17) is 0 Å². The van der Waals surface area contributed by atoms with Crippen LogP contribution in [0.15, 0.2) is 36.5 Å². The van der Waals surface area contributed by atoms with Crippen LogP contribution in [-0.4, -0.2) is 47.9 Å². The molecule has 1 amide bonds. The van der Waals surface area contributed by atoms with Crippen molar-refractivity contribution in [3.8, 4) is 11.1 Å². The maximum Gasteiger partial charge on any atom is 0.416 e. The number of rotatable bonds is 3. The van der Waals surface area contributed by atoms with E-state index >= 15 is 0 Å². The molecule has 2 aromatic rings. The zero-order valence-electron chi connectivity index (χ0n) is 17.5. The molecule has 0 bridgehead atoms. The van der Waals surface area contributed by atoms with E-state index in [-0.39, 0.29) is 17.2 Å². The molecule has 0 radical (unpaired) electrons. The molecule has 2 aliphatic rings. The first kappa shape index (κ1) is 21.6. The standard InChI is InChI=1S/C23H26F3N3O2/c1-16-13-18(17-5-4-6-19(14-17)23(24,25)26)15-29(31)21(16)22(30)28-11-7-20(8-12-28)27-9-2-3-10-27/h4-6,13-15,20H,2-3,7-12H2,1H3. The molecule has 2 saturated heterocycles. The van der Waals surface area contributed by atoms with Gasteiger partial charge >= 0.3 is 12.1 Å². The minimum absolute atomic E-state index is 0.0374. The molecular formula is C23H26F3N3O2. The molecule has 5 nitrogen and oxygen atoms in total. The van der Waals surface area contributed by atoms with Crippen molar-refractivity contribution in [1.29, 1.82) is 0 Å². The van der Waals surface area contributed by atoms with E-state index in [1.54, 1.807) is 17.9 Å². The maximum absolute atomic E-state index is 13.0. The number of carbonyl (C=O) groups is 1. The van der Waals surface area contributed by atoms with Crippen molar-refractivity contribution >= 4 is 5.91 Å². The Kier molecular flexibility index (Phi) is 5.92. The fraction of sp³-hybridized carbons (Fsp3) is 0.478. The second kappa shape index (κ2) is 8.49. The summed E-state index contributed by atoms with van der Waals surface area (Å²) in [5.41, 5.74) is 0.351. The fourth-order valence-corrected chi connectivity index (χ4v) is 4.69. The van der Waals surface area contributed by atoms with Gasteiger partial charge in [-0.05, 0) is 69.5 Å². The Morgan fingerprint density at radius 2 is 1.74 bits per heavy atom. The predicted molar refractivity (Wildman–Crippen MR) is 110 cm³/mol. The molecule has 2 fully saturated rings. The molecule has 3 heterocycles. The van der Waals surface area contributed by atoms with Gasteiger partial charge in [-0.1, -0.05) is 12.1 Å². The van der Waals surface area contributed by atoms with Gasteiger partial charge < -0.3 is 15.0 Å². The Morgan fingerprint density at radius 1 is 1.06 bits per heavy atom. The molecule has 2 aliphatic heterocycles. The summed E-state index contributed by atoms with van der Waals surface area (Å²) in [5, 5.41) is 12.7. The molecule has 0 atom stereocenters. The highest BCUT2D eigenvalue weighted by Crippen LogP contribution is 2.32. The number of halogens is 3. The van der Waals surface area contributed by atoms with Crippen LogP contribution in [0.1, 0.15) is 47.3 Å². The molecule has 1 aromatic carbocycles. The molecule has 8 heteroatoms. The van der Waals surface area contributed by atoms with E-state index < -0.39 is 11.7 Å². The average molecular weight is 433 g/mol. The number of likely N-dealkylation sites (tertiary alicyclic amines) is 2. The molecule has 0 saturated carbocycles. The highest BCUT2D eigenvalue weighted by molar-refractivity contribution is 5.92. The first-order valence-corrected chi connectivity index (χ1v) is 10.7. The molecule has 4 rings (SSSR count). The van der Waals surface area contributed by atoms with E-state index in [1.165, 1.54) is 31.2 Å². The minimum Gasteiger partial charge on any atom is -0.618 e. The number of pyridine rings is 1. The fourth-order valence-electron chi connectivity index (χ4n) is 4.69. The summed E-state index contributed by atoms with van der Waals surface area (Å²) in [4.78, 5) is 17.3. The average Bonchev–Trinajstić information content (AvgIpc) is 3.27. The van der Waals surface area contributed by atoms with Gasteiger partial charge in [0.25, 0.3) is 5.69 Å². The quantitative estimate of drug-likeness (QED) is 0.543. The van der Waals surface area contributed by atoms with E-state index in [1.807, 2.05) is 0 Å². The minimum atomic E-state index is -4.46. The highest BCUT2D eigenvalue weighted by Gasteiger charge is 2.33. The van der Waals surface area contributed by atoms with Gasteiger partial charge in [-0.25, -0.2) is 0 Å². The Bertz CT molecular complexity index is 940. The number of piperidine rings is 1. The number of benzene rings is 1. The number of hydrogen-bond acceptors (Lipinski definition) is 3. The van der Waals surface area contributed by atoms with Crippen LogP contribution in [0.2, 0.25) is 0 Å². The van der Waals surface area contributed by atoms with Crippen LogP contribution in [0.25, 0.3) is 11.1 Å². The maximum atomic E-state index is 13.0. The smallest absolute Gasteiger partial charge is 0.416 e. The zero-order valence-corrected chi connectivity index (χ0v) is 17.5. The molecule has 0 unspecified atom stereocenters. The number of carbonyl (C=O) groups excluding carboxylic acids is 1. The van der Waals surface area contributed by atoms with Crippen molar-refractivity contribution in [2.24, 2.45) is 0 Å². The third-order valence-electron chi connectivity index (χ3n) is 6.36. The third-order valence-corrected chi connectivity index (χ3v) is 6.36. The van der Waals surface area contributed by atoms with Gasteiger partial charge in [0.05, 0.1) is 5.56 Å². The Labute approximate surface area is 179 Å². The topological polar surface area (TPSA) is 50.5 Å². The molecule has 166 valence electrons. The van der Waals surface area contributed by atoms with Crippen molar-refractivity contribution in [1.82, 2.24) is 9.80 Å². The van der Waals surface area contributed by atoms with Gasteiger partial charge in [-0.3, -0.25) is 4.79 Å². The van der Waals surface area contributed by atoms with Crippen molar-refractivity contribution in [3.05, 3.63) is 58.6 Å². The summed E-state index contributed by atoms with van der Waals surface area (Å²) in [6.07, 6.45) is 0.972. The first-order valence-electron chi connectivity index (χ1n) is 10.7. The summed E-state index contributed by atoms with van der Waals surface area (Å²) in [5.74, 6) is -0.317. The number of aryl methyl sites for hydroxylation is 1. The van der Waals surface area contributed by atoms with Crippen LogP contribution in [0.5, 0.6) is 0 Å². The lowest BCUT2D eigenvalue weighted by Gasteiger charge is -2.36. The van der Waals surface area contributed by atoms with E-state index in [0.717, 1.165) is 38.1 Å². The monoisotopic (exact) mass is 433 g/mol. The van der Waals surface area contributed by atoms with Crippen molar-refractivity contribution in [2.45, 2.75) is 44.8 Å². The van der Waals surface area contributed by atoms with Crippen LogP contribution < -0.4 is 4.73 Å². The molecular weight excluding hydrogens is 407 g/mol. The van der Waals surface area contributed by atoms with Gasteiger partial charge in [-0.2, -0.15) is 17.9 Å². The molecule has 0 aliphatic carbocycles. The first-order chi connectivity index (χ1) is 14.7. The number of hydrogen-bond donors (Lipinski definition) is 0. The Hall–Kier alpha value is -2.61. The van der Waals surface area contributed by atoms with Crippen LogP contribution >= 0.6 is 0 Å². The normalized spacial score (nSPS) is 18.5. The summed E-state index contributed by atoms with van der Waals surface area (Å²) >= 11 is 0. The van der Waals surface area contributed by atoms with Gasteiger partial charge in [0.15, 0.2) is 6.20 Å². The van der Waals surface area contributed by atoms with Crippen molar-refractivity contribution in [2.75, 3.05) is 26.2 Å². The van der Waals surface area contributed by atoms with Crippen LogP contribution in [0, 0.1) is 12.1 Å². The zero-order chi connectivity index (χ0) is 22.2. The van der Waals surface area contributed by atoms with Gasteiger partial charge in [0.1, 0.15) is 0 Å². The van der Waals surface area contributed by atoms with Crippen molar-refractivity contribution < 1.29 is 22.7 Å². The Morgan fingerprint density at radius 3 is 2.35 bits per heavy atom. The largest absolute Gasteiger partial charge is 0.618 e. The predicted octanol–water partition coefficient (Wildman–Crippen LogP) is 4.01. The van der Waals surface area contributed by atoms with Gasteiger partial charge in [0, 0.05) is 30.3 Å². The molecule has 0 spiro atoms. The molecule has 31 heavy (non-hydrogen) atoms. The van der Waals surface area contributed by atoms with Crippen LogP contribution in [0.4, 0.5) is 13.2 Å². The lowest BCUT2D eigenvalue weighted by molar-refractivity contribution is -0.607. The molecule has 0 N–H and O–H groups in total. The number of aromatic nitrogens is 1. The van der Waals surface area contributed by atoms with Gasteiger partial charge in [-0.15, -0.1) is 0 Å². The third kappa shape index (κ3) is 4.54. The summed E-state index contributed by atoms with van der Waals surface area (Å²) < 4.78 is 39.6. The van der Waals surface area contributed by atoms with Crippen molar-refractivity contribution in [3.63, 3.8) is 0 Å². The lowest BCUT2D eigenvalue weighted by Crippen LogP contribution is -2.49. The van der Waals surface area contributed by atoms with Crippen LogP contribution in [0.3, 0.4) is 0 Å². The van der Waals surface area contributed by atoms with E-state index in [2.05, 4.69) is 4.90 Å². The van der Waals surface area contributed by atoms with E-state index in [9.17, 15) is 23.2 Å².